The summed E-state index contributed by atoms with van der Waals surface area (Å²) in [5.41, 5.74) is 2.58. The Hall–Kier alpha value is -2.67. The third-order valence-electron chi connectivity index (χ3n) is 4.25. The fraction of sp³-hybridized carbons (Fsp3) is 0.278. The van der Waals surface area contributed by atoms with E-state index >= 15 is 0 Å². The van der Waals surface area contributed by atoms with Gasteiger partial charge in [-0.1, -0.05) is 29.8 Å². The van der Waals surface area contributed by atoms with Crippen LogP contribution in [0.15, 0.2) is 36.7 Å². The molecule has 0 aliphatic heterocycles. The molecule has 1 amide bonds. The summed E-state index contributed by atoms with van der Waals surface area (Å²) in [5, 5.41) is 11.8. The Morgan fingerprint density at radius 3 is 2.73 bits per heavy atom. The van der Waals surface area contributed by atoms with Crippen LogP contribution in [0.2, 0.25) is 5.02 Å². The SMILES string of the molecule is Cc1nn(Cc2ccccc2F)c(C)c1NC(=O)C(C)n1cc(Cl)cn1. The standard InChI is InChI=1S/C18H19ClFN5O/c1-11-17(22-18(26)13(3)24-10-15(19)8-21-24)12(2)25(23-11)9-14-6-4-5-7-16(14)20/h4-8,10,13H,9H2,1-3H3,(H,22,26). The highest BCUT2D eigenvalue weighted by Crippen LogP contribution is 2.22. The molecule has 1 atom stereocenters. The molecule has 6 nitrogen and oxygen atoms in total. The molecule has 0 aliphatic rings. The minimum atomic E-state index is -0.531. The molecular weight excluding hydrogens is 357 g/mol. The molecule has 2 heterocycles. The van der Waals surface area contributed by atoms with E-state index in [1.54, 1.807) is 42.9 Å². The molecule has 0 aliphatic carbocycles. The predicted molar refractivity (Wildman–Crippen MR) is 97.8 cm³/mol. The van der Waals surface area contributed by atoms with Crippen LogP contribution in [0.1, 0.15) is 29.9 Å². The second-order valence-corrected chi connectivity index (χ2v) is 6.54. The summed E-state index contributed by atoms with van der Waals surface area (Å²) in [5.74, 6) is -0.517. The highest BCUT2D eigenvalue weighted by molar-refractivity contribution is 6.30. The lowest BCUT2D eigenvalue weighted by Crippen LogP contribution is -2.24. The van der Waals surface area contributed by atoms with Gasteiger partial charge in [0.25, 0.3) is 0 Å². The lowest BCUT2D eigenvalue weighted by atomic mass is 10.2. The van der Waals surface area contributed by atoms with Gasteiger partial charge in [-0.05, 0) is 26.8 Å². The second kappa shape index (κ2) is 7.29. The van der Waals surface area contributed by atoms with E-state index in [1.165, 1.54) is 16.9 Å². The minimum absolute atomic E-state index is 0.235. The number of hydrogen-bond donors (Lipinski definition) is 1. The van der Waals surface area contributed by atoms with E-state index in [9.17, 15) is 9.18 Å². The van der Waals surface area contributed by atoms with Gasteiger partial charge in [0.1, 0.15) is 11.9 Å². The molecule has 1 N–H and O–H groups in total. The van der Waals surface area contributed by atoms with E-state index in [0.29, 0.717) is 28.5 Å². The number of nitrogens with one attached hydrogen (secondary N) is 1. The Morgan fingerprint density at radius 2 is 2.08 bits per heavy atom. The van der Waals surface area contributed by atoms with E-state index < -0.39 is 6.04 Å². The number of carbonyl (C=O) groups excluding carboxylic acids is 1. The topological polar surface area (TPSA) is 64.7 Å². The Bertz CT molecular complexity index is 949. The number of aromatic nitrogens is 4. The van der Waals surface area contributed by atoms with Gasteiger partial charge in [-0.3, -0.25) is 14.2 Å². The maximum absolute atomic E-state index is 13.9. The van der Waals surface area contributed by atoms with Crippen LogP contribution in [0.25, 0.3) is 0 Å². The molecule has 0 bridgehead atoms. The summed E-state index contributed by atoms with van der Waals surface area (Å²) >= 11 is 5.85. The molecule has 3 aromatic rings. The molecule has 0 spiro atoms. The van der Waals surface area contributed by atoms with Gasteiger partial charge < -0.3 is 5.32 Å². The van der Waals surface area contributed by atoms with E-state index in [1.807, 2.05) is 6.92 Å². The van der Waals surface area contributed by atoms with Gasteiger partial charge in [0, 0.05) is 11.8 Å². The number of anilines is 1. The van der Waals surface area contributed by atoms with E-state index in [4.69, 9.17) is 11.6 Å². The van der Waals surface area contributed by atoms with Gasteiger partial charge in [0.15, 0.2) is 0 Å². The zero-order valence-corrected chi connectivity index (χ0v) is 15.5. The molecule has 26 heavy (non-hydrogen) atoms. The Kier molecular flexibility index (Phi) is 5.08. The number of hydrogen-bond acceptors (Lipinski definition) is 3. The van der Waals surface area contributed by atoms with Gasteiger partial charge in [-0.2, -0.15) is 10.2 Å². The lowest BCUT2D eigenvalue weighted by molar-refractivity contribution is -0.119. The van der Waals surface area contributed by atoms with Crippen LogP contribution in [0.4, 0.5) is 10.1 Å². The van der Waals surface area contributed by atoms with Crippen LogP contribution >= 0.6 is 11.6 Å². The van der Waals surface area contributed by atoms with Crippen LogP contribution in [0, 0.1) is 19.7 Å². The molecule has 1 aromatic carbocycles. The van der Waals surface area contributed by atoms with Crippen molar-refractivity contribution in [2.45, 2.75) is 33.4 Å². The number of carbonyl (C=O) groups is 1. The van der Waals surface area contributed by atoms with E-state index in [2.05, 4.69) is 15.5 Å². The first-order valence-corrected chi connectivity index (χ1v) is 8.52. The fourth-order valence-electron chi connectivity index (χ4n) is 2.69. The molecule has 2 aromatic heterocycles. The van der Waals surface area contributed by atoms with Crippen molar-refractivity contribution >= 4 is 23.2 Å². The number of aryl methyl sites for hydroxylation is 1. The van der Waals surface area contributed by atoms with Crippen molar-refractivity contribution < 1.29 is 9.18 Å². The van der Waals surface area contributed by atoms with Crippen LogP contribution < -0.4 is 5.32 Å². The molecule has 136 valence electrons. The summed E-state index contributed by atoms with van der Waals surface area (Å²) in [4.78, 5) is 12.5. The molecular formula is C18H19ClFN5O. The summed E-state index contributed by atoms with van der Waals surface area (Å²) < 4.78 is 17.1. The van der Waals surface area contributed by atoms with Gasteiger partial charge in [0.2, 0.25) is 5.91 Å². The Morgan fingerprint density at radius 1 is 1.35 bits per heavy atom. The summed E-state index contributed by atoms with van der Waals surface area (Å²) in [6, 6.07) is 6.03. The van der Waals surface area contributed by atoms with Gasteiger partial charge in [-0.25, -0.2) is 4.39 Å². The maximum atomic E-state index is 13.9. The normalized spacial score (nSPS) is 12.2. The predicted octanol–water partition coefficient (Wildman–Crippen LogP) is 3.74. The van der Waals surface area contributed by atoms with Crippen molar-refractivity contribution in [2.75, 3.05) is 5.32 Å². The average Bonchev–Trinajstić information content (AvgIpc) is 3.15. The number of nitrogens with zero attached hydrogens (tertiary/aromatic N) is 4. The van der Waals surface area contributed by atoms with Crippen LogP contribution in [0.3, 0.4) is 0 Å². The Labute approximate surface area is 155 Å². The van der Waals surface area contributed by atoms with Crippen LogP contribution in [-0.4, -0.2) is 25.5 Å². The van der Waals surface area contributed by atoms with Gasteiger partial charge >= 0.3 is 0 Å². The van der Waals surface area contributed by atoms with Crippen molar-refractivity contribution in [3.63, 3.8) is 0 Å². The minimum Gasteiger partial charge on any atom is -0.321 e. The quantitative estimate of drug-likeness (QED) is 0.738. The molecule has 1 unspecified atom stereocenters. The largest absolute Gasteiger partial charge is 0.321 e. The second-order valence-electron chi connectivity index (χ2n) is 6.10. The highest BCUT2D eigenvalue weighted by Gasteiger charge is 2.20. The summed E-state index contributed by atoms with van der Waals surface area (Å²) in [6.45, 7) is 5.66. The van der Waals surface area contributed by atoms with E-state index in [-0.39, 0.29) is 11.7 Å². The number of rotatable bonds is 5. The van der Waals surface area contributed by atoms with Crippen molar-refractivity contribution in [1.82, 2.24) is 19.6 Å². The first kappa shape index (κ1) is 18.1. The van der Waals surface area contributed by atoms with Crippen molar-refractivity contribution in [2.24, 2.45) is 0 Å². The third kappa shape index (κ3) is 3.62. The number of amides is 1. The lowest BCUT2D eigenvalue weighted by Gasteiger charge is -2.13. The van der Waals surface area contributed by atoms with Crippen molar-refractivity contribution in [3.05, 3.63) is 64.5 Å². The van der Waals surface area contributed by atoms with Gasteiger partial charge in [-0.15, -0.1) is 0 Å². The number of halogens is 2. The monoisotopic (exact) mass is 375 g/mol. The molecule has 8 heteroatoms. The highest BCUT2D eigenvalue weighted by atomic mass is 35.5. The van der Waals surface area contributed by atoms with Crippen LogP contribution in [0.5, 0.6) is 0 Å². The number of benzene rings is 1. The van der Waals surface area contributed by atoms with Gasteiger partial charge in [0.05, 0.1) is 34.8 Å². The first-order chi connectivity index (χ1) is 12.4. The van der Waals surface area contributed by atoms with Crippen molar-refractivity contribution in [1.29, 1.82) is 0 Å². The average molecular weight is 376 g/mol. The zero-order valence-electron chi connectivity index (χ0n) is 14.7. The molecule has 0 radical (unpaired) electrons. The molecule has 3 rings (SSSR count). The van der Waals surface area contributed by atoms with E-state index in [0.717, 1.165) is 5.69 Å². The molecule has 0 saturated carbocycles. The summed E-state index contributed by atoms with van der Waals surface area (Å²) in [6.07, 6.45) is 3.07. The summed E-state index contributed by atoms with van der Waals surface area (Å²) in [7, 11) is 0. The van der Waals surface area contributed by atoms with Crippen LogP contribution in [-0.2, 0) is 11.3 Å². The van der Waals surface area contributed by atoms with Crippen molar-refractivity contribution in [3.8, 4) is 0 Å². The smallest absolute Gasteiger partial charge is 0.249 e. The third-order valence-corrected chi connectivity index (χ3v) is 4.45. The Balaban J connectivity index is 1.79. The first-order valence-electron chi connectivity index (χ1n) is 8.14. The maximum Gasteiger partial charge on any atom is 0.249 e. The fourth-order valence-corrected chi connectivity index (χ4v) is 2.84. The molecule has 0 saturated heterocycles. The molecule has 0 fully saturated rings. The zero-order chi connectivity index (χ0) is 18.8.